The molecule has 0 saturated heterocycles. The minimum Gasteiger partial charge on any atom is -0.326 e. The molecule has 0 aliphatic heterocycles. The van der Waals surface area contributed by atoms with Crippen LogP contribution in [0.1, 0.15) is 29.3 Å². The van der Waals surface area contributed by atoms with Gasteiger partial charge in [-0.3, -0.25) is 9.59 Å². The minimum atomic E-state index is -4.49. The summed E-state index contributed by atoms with van der Waals surface area (Å²) in [7, 11) is 0. The molecule has 0 saturated carbocycles. The summed E-state index contributed by atoms with van der Waals surface area (Å²) in [6.45, 7) is 1.52. The maximum absolute atomic E-state index is 12.7. The first-order valence-corrected chi connectivity index (χ1v) is 8.51. The summed E-state index contributed by atoms with van der Waals surface area (Å²) >= 11 is 3.25. The third-order valence-electron chi connectivity index (χ3n) is 3.36. The Morgan fingerprint density at radius 1 is 1.11 bits per heavy atom. The number of carbonyl (C=O) groups is 2. The number of nitrogens with one attached hydrogen (secondary N) is 2. The van der Waals surface area contributed by atoms with Crippen LogP contribution in [0.2, 0.25) is 0 Å². The van der Waals surface area contributed by atoms with Crippen LogP contribution in [0.15, 0.2) is 58.1 Å². The van der Waals surface area contributed by atoms with Crippen molar-refractivity contribution >= 4 is 39.1 Å². The summed E-state index contributed by atoms with van der Waals surface area (Å²) in [6.07, 6.45) is -4.68. The van der Waals surface area contributed by atoms with E-state index in [4.69, 9.17) is 0 Å². The van der Waals surface area contributed by atoms with Crippen molar-refractivity contribution in [3.63, 3.8) is 0 Å². The summed E-state index contributed by atoms with van der Waals surface area (Å²) in [4.78, 5) is 24.0. The van der Waals surface area contributed by atoms with Crippen molar-refractivity contribution < 1.29 is 22.8 Å². The van der Waals surface area contributed by atoms with Crippen LogP contribution < -0.4 is 10.7 Å². The number of hydrogen-bond donors (Lipinski definition) is 2. The topological polar surface area (TPSA) is 70.6 Å². The summed E-state index contributed by atoms with van der Waals surface area (Å²) in [5.41, 5.74) is 2.17. The normalized spacial score (nSPS) is 11.8. The van der Waals surface area contributed by atoms with Gasteiger partial charge < -0.3 is 5.32 Å². The molecule has 2 aromatic rings. The minimum absolute atomic E-state index is 0.0277. The Kier molecular flexibility index (Phi) is 6.73. The van der Waals surface area contributed by atoms with Gasteiger partial charge in [0.05, 0.1) is 17.5 Å². The first kappa shape index (κ1) is 20.6. The Morgan fingerprint density at radius 2 is 1.81 bits per heavy atom. The zero-order valence-electron chi connectivity index (χ0n) is 14.1. The number of hydrogen-bond acceptors (Lipinski definition) is 3. The average molecular weight is 442 g/mol. The highest BCUT2D eigenvalue weighted by Crippen LogP contribution is 2.30. The van der Waals surface area contributed by atoms with Crippen molar-refractivity contribution in [1.82, 2.24) is 5.43 Å². The molecule has 0 aromatic heterocycles. The molecule has 0 spiro atoms. The molecule has 142 valence electrons. The summed E-state index contributed by atoms with van der Waals surface area (Å²) in [5, 5.41) is 6.21. The smallest absolute Gasteiger partial charge is 0.326 e. The molecule has 0 aliphatic rings. The third kappa shape index (κ3) is 6.21. The van der Waals surface area contributed by atoms with E-state index in [0.29, 0.717) is 15.7 Å². The number of halogens is 4. The van der Waals surface area contributed by atoms with E-state index < -0.39 is 23.6 Å². The van der Waals surface area contributed by atoms with Crippen molar-refractivity contribution in [1.29, 1.82) is 0 Å². The second kappa shape index (κ2) is 8.81. The van der Waals surface area contributed by atoms with Crippen LogP contribution in [-0.2, 0) is 11.0 Å². The molecule has 0 aliphatic carbocycles. The molecule has 2 aromatic carbocycles. The van der Waals surface area contributed by atoms with E-state index in [2.05, 4.69) is 31.8 Å². The fourth-order valence-corrected chi connectivity index (χ4v) is 2.57. The summed E-state index contributed by atoms with van der Waals surface area (Å²) in [5.74, 6) is -1.01. The Labute approximate surface area is 161 Å². The van der Waals surface area contributed by atoms with E-state index in [9.17, 15) is 22.8 Å². The summed E-state index contributed by atoms with van der Waals surface area (Å²) in [6, 6.07) is 11.1. The fourth-order valence-electron chi connectivity index (χ4n) is 2.10. The number of alkyl halides is 3. The molecule has 0 heterocycles. The number of hydrazone groups is 1. The second-order valence-corrected chi connectivity index (χ2v) is 6.43. The Bertz CT molecular complexity index is 882. The van der Waals surface area contributed by atoms with Gasteiger partial charge >= 0.3 is 6.18 Å². The molecule has 0 bridgehead atoms. The predicted molar refractivity (Wildman–Crippen MR) is 99.4 cm³/mol. The zero-order valence-corrected chi connectivity index (χ0v) is 15.7. The lowest BCUT2D eigenvalue weighted by Gasteiger charge is -2.10. The van der Waals surface area contributed by atoms with Crippen molar-refractivity contribution in [2.75, 3.05) is 5.32 Å². The lowest BCUT2D eigenvalue weighted by atomic mass is 10.2. The standard InChI is InChI=1S/C18H15BrF3N3O2/c1-11(24-25-17(27)14-7-2-3-8-15(14)19)9-16(26)23-13-6-4-5-12(10-13)18(20,21)22/h2-8,10H,9H2,1H3,(H,23,26)(H,25,27)/b24-11+. The highest BCUT2D eigenvalue weighted by molar-refractivity contribution is 9.10. The molecule has 0 fully saturated rings. The molecule has 2 rings (SSSR count). The van der Waals surface area contributed by atoms with Gasteiger partial charge in [-0.1, -0.05) is 18.2 Å². The number of anilines is 1. The fraction of sp³-hybridized carbons (Fsp3) is 0.167. The highest BCUT2D eigenvalue weighted by atomic mass is 79.9. The van der Waals surface area contributed by atoms with E-state index in [-0.39, 0.29) is 12.1 Å². The molecule has 9 heteroatoms. The maximum atomic E-state index is 12.7. The van der Waals surface area contributed by atoms with Gasteiger partial charge in [0.25, 0.3) is 5.91 Å². The van der Waals surface area contributed by atoms with Crippen LogP contribution in [0.5, 0.6) is 0 Å². The first-order valence-electron chi connectivity index (χ1n) is 7.72. The number of carbonyl (C=O) groups excluding carboxylic acids is 2. The van der Waals surface area contributed by atoms with Crippen LogP contribution in [0.25, 0.3) is 0 Å². The monoisotopic (exact) mass is 441 g/mol. The van der Waals surface area contributed by atoms with Gasteiger partial charge in [-0.25, -0.2) is 5.43 Å². The largest absolute Gasteiger partial charge is 0.416 e. The third-order valence-corrected chi connectivity index (χ3v) is 4.05. The first-order chi connectivity index (χ1) is 12.7. The van der Waals surface area contributed by atoms with Gasteiger partial charge in [-0.15, -0.1) is 0 Å². The van der Waals surface area contributed by atoms with Gasteiger partial charge in [0.15, 0.2) is 0 Å². The van der Waals surface area contributed by atoms with Crippen molar-refractivity contribution in [2.24, 2.45) is 5.10 Å². The van der Waals surface area contributed by atoms with Gasteiger partial charge in [0, 0.05) is 15.9 Å². The quantitative estimate of drug-likeness (QED) is 0.525. The van der Waals surface area contributed by atoms with Crippen LogP contribution in [0, 0.1) is 0 Å². The number of nitrogens with zero attached hydrogens (tertiary/aromatic N) is 1. The van der Waals surface area contributed by atoms with Gasteiger partial charge in [0.2, 0.25) is 5.91 Å². The molecular formula is C18H15BrF3N3O2. The van der Waals surface area contributed by atoms with Crippen molar-refractivity contribution in [3.8, 4) is 0 Å². The number of benzene rings is 2. The molecule has 2 amide bonds. The Morgan fingerprint density at radius 3 is 2.48 bits per heavy atom. The van der Waals surface area contributed by atoms with E-state index in [0.717, 1.165) is 12.1 Å². The van der Waals surface area contributed by atoms with Crippen molar-refractivity contribution in [3.05, 3.63) is 64.1 Å². The molecule has 0 atom stereocenters. The summed E-state index contributed by atoms with van der Waals surface area (Å²) < 4.78 is 38.6. The highest BCUT2D eigenvalue weighted by Gasteiger charge is 2.30. The molecule has 27 heavy (non-hydrogen) atoms. The van der Waals surface area contributed by atoms with Crippen LogP contribution >= 0.6 is 15.9 Å². The zero-order chi connectivity index (χ0) is 20.0. The maximum Gasteiger partial charge on any atom is 0.416 e. The molecular weight excluding hydrogens is 427 g/mol. The van der Waals surface area contributed by atoms with Gasteiger partial charge in [0.1, 0.15) is 0 Å². The molecule has 5 nitrogen and oxygen atoms in total. The second-order valence-electron chi connectivity index (χ2n) is 5.57. The predicted octanol–water partition coefficient (Wildman–Crippen LogP) is 4.60. The molecule has 2 N–H and O–H groups in total. The number of amides is 2. The van der Waals surface area contributed by atoms with E-state index in [1.807, 2.05) is 0 Å². The Hall–Kier alpha value is -2.68. The van der Waals surface area contributed by atoms with E-state index in [1.54, 1.807) is 24.3 Å². The van der Waals surface area contributed by atoms with E-state index >= 15 is 0 Å². The van der Waals surface area contributed by atoms with Crippen LogP contribution in [-0.4, -0.2) is 17.5 Å². The molecule has 0 unspecified atom stereocenters. The number of rotatable bonds is 5. The van der Waals surface area contributed by atoms with Crippen LogP contribution in [0.4, 0.5) is 18.9 Å². The SMILES string of the molecule is C/C(CC(=O)Nc1cccc(C(F)(F)F)c1)=N\NC(=O)c1ccccc1Br. The molecule has 0 radical (unpaired) electrons. The van der Waals surface area contributed by atoms with Gasteiger partial charge in [-0.05, 0) is 53.2 Å². The Balaban J connectivity index is 1.94. The van der Waals surface area contributed by atoms with Crippen LogP contribution in [0.3, 0.4) is 0 Å². The van der Waals surface area contributed by atoms with Crippen molar-refractivity contribution in [2.45, 2.75) is 19.5 Å². The van der Waals surface area contributed by atoms with Gasteiger partial charge in [-0.2, -0.15) is 18.3 Å². The van der Waals surface area contributed by atoms with E-state index in [1.165, 1.54) is 19.1 Å². The average Bonchev–Trinajstić information content (AvgIpc) is 2.59. The lowest BCUT2D eigenvalue weighted by Crippen LogP contribution is -2.22. The lowest BCUT2D eigenvalue weighted by molar-refractivity contribution is -0.137.